The Balaban J connectivity index is 1.62. The van der Waals surface area contributed by atoms with Crippen LogP contribution < -0.4 is 29.1 Å². The third kappa shape index (κ3) is 7.18. The van der Waals surface area contributed by atoms with E-state index in [1.54, 1.807) is 36.4 Å². The molecule has 0 radical (unpaired) electrons. The zero-order chi connectivity index (χ0) is 32.2. The summed E-state index contributed by atoms with van der Waals surface area (Å²) in [6, 6.07) is 13.5. The highest BCUT2D eigenvalue weighted by atomic mass is 79.9. The lowest BCUT2D eigenvalue weighted by Crippen LogP contribution is -2.39. The molecule has 13 heteroatoms. The number of ether oxygens (including phenoxy) is 4. The Morgan fingerprint density at radius 3 is 2.47 bits per heavy atom. The number of fused-ring (bicyclic) bond motifs is 1. The van der Waals surface area contributed by atoms with Crippen LogP contribution in [0.15, 0.2) is 79.0 Å². The number of hydrogen-bond donors (Lipinski definition) is 0. The molecule has 0 bridgehead atoms. The van der Waals surface area contributed by atoms with E-state index in [4.69, 9.17) is 42.1 Å². The molecule has 0 saturated heterocycles. The van der Waals surface area contributed by atoms with Crippen molar-refractivity contribution in [2.45, 2.75) is 26.5 Å². The highest BCUT2D eigenvalue weighted by Crippen LogP contribution is 2.36. The maximum Gasteiger partial charge on any atom is 0.337 e. The van der Waals surface area contributed by atoms with E-state index in [1.165, 1.54) is 29.2 Å². The summed E-state index contributed by atoms with van der Waals surface area (Å²) in [5, 5.41) is 0.880. The number of esters is 1. The predicted octanol–water partition coefficient (Wildman–Crippen LogP) is 7.23. The van der Waals surface area contributed by atoms with Crippen LogP contribution in [0.2, 0.25) is 10.0 Å². The molecule has 0 spiro atoms. The summed E-state index contributed by atoms with van der Waals surface area (Å²) >= 11 is 20.6. The van der Waals surface area contributed by atoms with Crippen LogP contribution in [0.4, 0.5) is 0 Å². The molecule has 1 aliphatic heterocycles. The second-order valence-electron chi connectivity index (χ2n) is 9.59. The number of aromatic nitrogens is 1. The number of benzene rings is 3. The Bertz CT molecular complexity index is 1990. The van der Waals surface area contributed by atoms with Crippen molar-refractivity contribution < 1.29 is 23.7 Å². The third-order valence-corrected chi connectivity index (χ3v) is 9.48. The van der Waals surface area contributed by atoms with Crippen LogP contribution in [0.1, 0.15) is 36.6 Å². The molecule has 1 aliphatic rings. The first kappa shape index (κ1) is 33.3. The first-order valence-electron chi connectivity index (χ1n) is 13.7. The minimum absolute atomic E-state index is 0.207. The molecule has 8 nitrogen and oxygen atoms in total. The van der Waals surface area contributed by atoms with Crippen molar-refractivity contribution in [2.75, 3.05) is 20.3 Å². The summed E-state index contributed by atoms with van der Waals surface area (Å²) in [5.74, 6) is 0.990. The first-order chi connectivity index (χ1) is 21.6. The fourth-order valence-electron chi connectivity index (χ4n) is 4.75. The molecular weight excluding hydrogens is 771 g/mol. The van der Waals surface area contributed by atoms with Gasteiger partial charge in [0, 0.05) is 16.2 Å². The molecule has 0 N–H and O–H groups in total. The summed E-state index contributed by atoms with van der Waals surface area (Å²) in [4.78, 5) is 31.9. The molecule has 0 unspecified atom stereocenters. The van der Waals surface area contributed by atoms with E-state index in [9.17, 15) is 9.59 Å². The highest BCUT2D eigenvalue weighted by Gasteiger charge is 2.31. The Morgan fingerprint density at radius 1 is 1.00 bits per heavy atom. The Kier molecular flexibility index (Phi) is 10.8. The van der Waals surface area contributed by atoms with Crippen LogP contribution in [0.3, 0.4) is 0 Å². The molecule has 1 aromatic heterocycles. The lowest BCUT2D eigenvalue weighted by molar-refractivity contribution is -0.136. The maximum absolute atomic E-state index is 14.1. The van der Waals surface area contributed by atoms with Gasteiger partial charge in [0.2, 0.25) is 0 Å². The smallest absolute Gasteiger partial charge is 0.337 e. The Morgan fingerprint density at radius 2 is 1.76 bits per heavy atom. The van der Waals surface area contributed by atoms with Crippen LogP contribution in [0.25, 0.3) is 6.08 Å². The van der Waals surface area contributed by atoms with E-state index in [0.29, 0.717) is 65.4 Å². The van der Waals surface area contributed by atoms with E-state index in [0.717, 1.165) is 10.0 Å². The van der Waals surface area contributed by atoms with Gasteiger partial charge in [0.25, 0.3) is 5.56 Å². The van der Waals surface area contributed by atoms with Crippen LogP contribution in [-0.2, 0) is 16.1 Å². The molecule has 0 fully saturated rings. The van der Waals surface area contributed by atoms with Gasteiger partial charge in [-0.05, 0) is 83.4 Å². The van der Waals surface area contributed by atoms with E-state index in [-0.39, 0.29) is 17.7 Å². The van der Waals surface area contributed by atoms with E-state index in [2.05, 4.69) is 36.9 Å². The van der Waals surface area contributed by atoms with Crippen LogP contribution in [0, 0.1) is 0 Å². The van der Waals surface area contributed by atoms with Crippen molar-refractivity contribution in [1.29, 1.82) is 0 Å². The number of halogens is 4. The van der Waals surface area contributed by atoms with Gasteiger partial charge in [0.05, 0.1) is 51.0 Å². The highest BCUT2D eigenvalue weighted by molar-refractivity contribution is 9.11. The summed E-state index contributed by atoms with van der Waals surface area (Å²) in [6.07, 6.45) is 3.19. The predicted molar refractivity (Wildman–Crippen MR) is 183 cm³/mol. The van der Waals surface area contributed by atoms with Crippen molar-refractivity contribution in [1.82, 2.24) is 4.57 Å². The number of carbonyl (C=O) groups is 1. The van der Waals surface area contributed by atoms with Gasteiger partial charge < -0.3 is 18.9 Å². The van der Waals surface area contributed by atoms with Gasteiger partial charge in [-0.1, -0.05) is 62.6 Å². The zero-order valence-corrected chi connectivity index (χ0v) is 29.7. The van der Waals surface area contributed by atoms with Crippen molar-refractivity contribution in [3.8, 4) is 17.2 Å². The second kappa shape index (κ2) is 14.6. The molecule has 0 aliphatic carbocycles. The van der Waals surface area contributed by atoms with E-state index >= 15 is 0 Å². The fraction of sp³-hybridized carbons (Fsp3) is 0.219. The van der Waals surface area contributed by atoms with Gasteiger partial charge in [0.1, 0.15) is 12.4 Å². The molecular formula is C32H26Br2Cl2N2O6S. The van der Waals surface area contributed by atoms with Crippen molar-refractivity contribution in [2.24, 2.45) is 4.99 Å². The molecule has 3 aromatic carbocycles. The molecule has 0 saturated carbocycles. The van der Waals surface area contributed by atoms with Gasteiger partial charge in [-0.2, -0.15) is 0 Å². The minimum Gasteiger partial charge on any atom is -0.490 e. The molecule has 2 heterocycles. The Labute approximate surface area is 289 Å². The Hall–Kier alpha value is -3.09. The molecule has 234 valence electrons. The molecule has 0 amide bonds. The molecule has 45 heavy (non-hydrogen) atoms. The van der Waals surface area contributed by atoms with Gasteiger partial charge in [-0.15, -0.1) is 0 Å². The third-order valence-electron chi connectivity index (χ3n) is 6.70. The monoisotopic (exact) mass is 794 g/mol. The number of rotatable bonds is 10. The largest absolute Gasteiger partial charge is 0.490 e. The molecule has 5 rings (SSSR count). The van der Waals surface area contributed by atoms with Gasteiger partial charge in [-0.3, -0.25) is 9.36 Å². The number of thiazole rings is 1. The molecule has 1 atom stereocenters. The summed E-state index contributed by atoms with van der Waals surface area (Å²) in [5.41, 5.74) is 1.97. The average Bonchev–Trinajstić information content (AvgIpc) is 3.33. The minimum atomic E-state index is -0.814. The van der Waals surface area contributed by atoms with Crippen LogP contribution in [0.5, 0.6) is 17.2 Å². The normalized spacial score (nSPS) is 14.3. The SMILES string of the molecule is CCOc1ccc([C@@H]2C(C(=O)OC)=CN=c3s/c(=C/c4cc(Br)cc(Br)c4OCc4ccc(Cl)c(Cl)c4)c(=O)n32)cc1OCC. The zero-order valence-electron chi connectivity index (χ0n) is 24.2. The lowest BCUT2D eigenvalue weighted by Gasteiger charge is -2.23. The number of hydrogen-bond acceptors (Lipinski definition) is 8. The number of methoxy groups -OCH3 is 1. The summed E-state index contributed by atoms with van der Waals surface area (Å²) in [6.45, 7) is 4.82. The second-order valence-corrected chi connectivity index (χ2v) is 13.2. The van der Waals surface area contributed by atoms with Crippen molar-refractivity contribution in [3.05, 3.63) is 116 Å². The fourth-order valence-corrected chi connectivity index (χ4v) is 7.41. The topological polar surface area (TPSA) is 88.4 Å². The van der Waals surface area contributed by atoms with Crippen LogP contribution in [-0.4, -0.2) is 30.9 Å². The number of carbonyl (C=O) groups excluding carboxylic acids is 1. The van der Waals surface area contributed by atoms with E-state index < -0.39 is 12.0 Å². The average molecular weight is 797 g/mol. The van der Waals surface area contributed by atoms with E-state index in [1.807, 2.05) is 32.0 Å². The summed E-state index contributed by atoms with van der Waals surface area (Å²) < 4.78 is 26.2. The molecule has 4 aromatic rings. The number of nitrogens with zero attached hydrogens (tertiary/aromatic N) is 2. The standard InChI is InChI=1S/C32H26Br2Cl2N2O6S/c1-4-42-25-9-7-18(12-26(25)43-5-2)28-21(31(40)41-3)15-37-32-38(28)30(39)27(45-32)13-19-11-20(33)14-22(34)29(19)44-16-17-6-8-23(35)24(36)10-17/h6-15,28H,4-5,16H2,1-3H3/b27-13+/t28-/m1/s1. The lowest BCUT2D eigenvalue weighted by atomic mass is 9.97. The van der Waals surface area contributed by atoms with Gasteiger partial charge in [-0.25, -0.2) is 9.79 Å². The van der Waals surface area contributed by atoms with Crippen LogP contribution >= 0.6 is 66.4 Å². The summed E-state index contributed by atoms with van der Waals surface area (Å²) in [7, 11) is 1.29. The maximum atomic E-state index is 14.1. The van der Waals surface area contributed by atoms with Gasteiger partial charge >= 0.3 is 5.97 Å². The quantitative estimate of drug-likeness (QED) is 0.158. The first-order valence-corrected chi connectivity index (χ1v) is 16.9. The van der Waals surface area contributed by atoms with Gasteiger partial charge in [0.15, 0.2) is 16.3 Å². The van der Waals surface area contributed by atoms with Crippen molar-refractivity contribution >= 4 is 78.4 Å². The van der Waals surface area contributed by atoms with Crippen molar-refractivity contribution in [3.63, 3.8) is 0 Å².